The van der Waals surface area contributed by atoms with Crippen LogP contribution in [-0.2, 0) is 13.2 Å². The highest BCUT2D eigenvalue weighted by molar-refractivity contribution is 6.31. The lowest BCUT2D eigenvalue weighted by atomic mass is 10.2. The van der Waals surface area contributed by atoms with E-state index in [1.807, 2.05) is 30.3 Å². The monoisotopic (exact) mass is 405 g/mol. The van der Waals surface area contributed by atoms with Gasteiger partial charge in [-0.1, -0.05) is 41.4 Å². The van der Waals surface area contributed by atoms with Gasteiger partial charge >= 0.3 is 0 Å². The van der Waals surface area contributed by atoms with Crippen LogP contribution in [0.15, 0.2) is 60.7 Å². The molecular formula is C21H18Cl2FNO2. The Morgan fingerprint density at radius 1 is 0.926 bits per heavy atom. The lowest BCUT2D eigenvalue weighted by Crippen LogP contribution is -2.03. The molecule has 3 aromatic rings. The molecule has 0 aromatic heterocycles. The molecule has 27 heavy (non-hydrogen) atoms. The second kappa shape index (κ2) is 8.98. The minimum Gasteiger partial charge on any atom is -0.493 e. The van der Waals surface area contributed by atoms with Crippen molar-refractivity contribution < 1.29 is 13.9 Å². The van der Waals surface area contributed by atoms with Gasteiger partial charge in [-0.15, -0.1) is 0 Å². The summed E-state index contributed by atoms with van der Waals surface area (Å²) in [5.74, 6) is 0.677. The van der Waals surface area contributed by atoms with Crippen molar-refractivity contribution in [1.82, 2.24) is 0 Å². The molecule has 0 spiro atoms. The van der Waals surface area contributed by atoms with Crippen molar-refractivity contribution in [3.05, 3.63) is 87.7 Å². The zero-order valence-electron chi connectivity index (χ0n) is 14.6. The first-order valence-corrected chi connectivity index (χ1v) is 9.04. The SMILES string of the molecule is COc1cc(CNc2ccc(Cl)cc2)c(Cl)cc1OCc1ccccc1F. The Labute approximate surface area is 167 Å². The van der Waals surface area contributed by atoms with Gasteiger partial charge in [0.05, 0.1) is 7.11 Å². The van der Waals surface area contributed by atoms with E-state index in [1.165, 1.54) is 6.07 Å². The number of nitrogens with one attached hydrogen (secondary N) is 1. The van der Waals surface area contributed by atoms with E-state index in [0.29, 0.717) is 33.7 Å². The third-order valence-corrected chi connectivity index (χ3v) is 4.60. The molecule has 6 heteroatoms. The molecule has 0 atom stereocenters. The molecule has 0 amide bonds. The maximum Gasteiger partial charge on any atom is 0.163 e. The molecule has 0 bridgehead atoms. The number of anilines is 1. The summed E-state index contributed by atoms with van der Waals surface area (Å²) in [5, 5.41) is 4.48. The van der Waals surface area contributed by atoms with Gasteiger partial charge in [0.25, 0.3) is 0 Å². The maximum atomic E-state index is 13.8. The van der Waals surface area contributed by atoms with Crippen LogP contribution in [0.25, 0.3) is 0 Å². The molecule has 0 radical (unpaired) electrons. The maximum absolute atomic E-state index is 13.8. The van der Waals surface area contributed by atoms with E-state index < -0.39 is 0 Å². The first-order valence-electron chi connectivity index (χ1n) is 8.29. The smallest absolute Gasteiger partial charge is 0.163 e. The lowest BCUT2D eigenvalue weighted by Gasteiger charge is -2.15. The van der Waals surface area contributed by atoms with Crippen LogP contribution in [0, 0.1) is 5.82 Å². The van der Waals surface area contributed by atoms with E-state index in [1.54, 1.807) is 31.4 Å². The Bertz CT molecular complexity index is 917. The highest BCUT2D eigenvalue weighted by atomic mass is 35.5. The predicted octanol–water partition coefficient (Wildman–Crippen LogP) is 6.33. The highest BCUT2D eigenvalue weighted by Gasteiger charge is 2.12. The zero-order valence-corrected chi connectivity index (χ0v) is 16.1. The molecule has 3 nitrogen and oxygen atoms in total. The van der Waals surface area contributed by atoms with Gasteiger partial charge in [0.15, 0.2) is 11.5 Å². The fraction of sp³-hybridized carbons (Fsp3) is 0.143. The van der Waals surface area contributed by atoms with E-state index in [9.17, 15) is 4.39 Å². The molecule has 0 unspecified atom stereocenters. The number of rotatable bonds is 7. The van der Waals surface area contributed by atoms with Gasteiger partial charge < -0.3 is 14.8 Å². The molecule has 0 saturated carbocycles. The molecule has 0 aliphatic rings. The largest absolute Gasteiger partial charge is 0.493 e. The van der Waals surface area contributed by atoms with Crippen LogP contribution in [0.1, 0.15) is 11.1 Å². The summed E-state index contributed by atoms with van der Waals surface area (Å²) in [6, 6.07) is 17.4. The van der Waals surface area contributed by atoms with Gasteiger partial charge in [-0.2, -0.15) is 0 Å². The number of benzene rings is 3. The fourth-order valence-corrected chi connectivity index (χ4v) is 2.87. The summed E-state index contributed by atoms with van der Waals surface area (Å²) in [7, 11) is 1.55. The van der Waals surface area contributed by atoms with Gasteiger partial charge in [0.1, 0.15) is 12.4 Å². The average Bonchev–Trinajstić information content (AvgIpc) is 2.68. The Morgan fingerprint density at radius 2 is 1.67 bits per heavy atom. The third-order valence-electron chi connectivity index (χ3n) is 4.00. The van der Waals surface area contributed by atoms with Crippen LogP contribution in [0.4, 0.5) is 10.1 Å². The number of ether oxygens (including phenoxy) is 2. The second-order valence-electron chi connectivity index (χ2n) is 5.84. The van der Waals surface area contributed by atoms with Crippen LogP contribution in [0.5, 0.6) is 11.5 Å². The number of halogens is 3. The quantitative estimate of drug-likeness (QED) is 0.497. The average molecular weight is 406 g/mol. The van der Waals surface area contributed by atoms with Crippen LogP contribution in [-0.4, -0.2) is 7.11 Å². The Hall–Kier alpha value is -2.43. The van der Waals surface area contributed by atoms with Crippen molar-refractivity contribution in [2.24, 2.45) is 0 Å². The number of hydrogen-bond acceptors (Lipinski definition) is 3. The molecule has 0 aliphatic carbocycles. The van der Waals surface area contributed by atoms with Gasteiger partial charge in [0, 0.05) is 33.9 Å². The minimum atomic E-state index is -0.314. The summed E-state index contributed by atoms with van der Waals surface area (Å²) >= 11 is 12.3. The van der Waals surface area contributed by atoms with Crippen LogP contribution >= 0.6 is 23.2 Å². The number of hydrogen-bond donors (Lipinski definition) is 1. The molecule has 140 valence electrons. The Morgan fingerprint density at radius 3 is 2.37 bits per heavy atom. The van der Waals surface area contributed by atoms with E-state index in [2.05, 4.69) is 5.32 Å². The standard InChI is InChI=1S/C21H18Cl2FNO2/c1-26-20-10-15(12-25-17-8-6-16(22)7-9-17)18(23)11-21(20)27-13-14-4-2-3-5-19(14)24/h2-11,25H,12-13H2,1H3. The van der Waals surface area contributed by atoms with Gasteiger partial charge in [-0.3, -0.25) is 0 Å². The van der Waals surface area contributed by atoms with Crippen molar-refractivity contribution in [1.29, 1.82) is 0 Å². The molecule has 0 aliphatic heterocycles. The molecule has 0 saturated heterocycles. The summed E-state index contributed by atoms with van der Waals surface area (Å²) in [4.78, 5) is 0. The molecule has 0 fully saturated rings. The van der Waals surface area contributed by atoms with Crippen molar-refractivity contribution in [3.8, 4) is 11.5 Å². The molecule has 3 aromatic carbocycles. The molecule has 0 heterocycles. The van der Waals surface area contributed by atoms with Crippen LogP contribution in [0.2, 0.25) is 10.0 Å². The van der Waals surface area contributed by atoms with E-state index in [4.69, 9.17) is 32.7 Å². The van der Waals surface area contributed by atoms with Crippen LogP contribution < -0.4 is 14.8 Å². The van der Waals surface area contributed by atoms with Gasteiger partial charge in [-0.05, 0) is 42.0 Å². The van der Waals surface area contributed by atoms with Crippen LogP contribution in [0.3, 0.4) is 0 Å². The summed E-state index contributed by atoms with van der Waals surface area (Å²) in [6.45, 7) is 0.589. The third kappa shape index (κ3) is 5.06. The van der Waals surface area contributed by atoms with E-state index in [-0.39, 0.29) is 12.4 Å². The number of methoxy groups -OCH3 is 1. The summed E-state index contributed by atoms with van der Waals surface area (Å²) < 4.78 is 24.9. The molecule has 1 N–H and O–H groups in total. The van der Waals surface area contributed by atoms with Crippen molar-refractivity contribution >= 4 is 28.9 Å². The zero-order chi connectivity index (χ0) is 19.2. The first-order chi connectivity index (χ1) is 13.1. The summed E-state index contributed by atoms with van der Waals surface area (Å²) in [6.07, 6.45) is 0. The van der Waals surface area contributed by atoms with Crippen molar-refractivity contribution in [3.63, 3.8) is 0 Å². The second-order valence-corrected chi connectivity index (χ2v) is 6.68. The van der Waals surface area contributed by atoms with E-state index >= 15 is 0 Å². The summed E-state index contributed by atoms with van der Waals surface area (Å²) in [5.41, 5.74) is 2.24. The van der Waals surface area contributed by atoms with Crippen molar-refractivity contribution in [2.45, 2.75) is 13.2 Å². The predicted molar refractivity (Wildman–Crippen MR) is 108 cm³/mol. The highest BCUT2D eigenvalue weighted by Crippen LogP contribution is 2.34. The topological polar surface area (TPSA) is 30.5 Å². The fourth-order valence-electron chi connectivity index (χ4n) is 2.52. The normalized spacial score (nSPS) is 10.5. The van der Waals surface area contributed by atoms with Gasteiger partial charge in [0.2, 0.25) is 0 Å². The van der Waals surface area contributed by atoms with Crippen molar-refractivity contribution in [2.75, 3.05) is 12.4 Å². The Balaban J connectivity index is 1.72. The molecular weight excluding hydrogens is 388 g/mol. The molecule has 3 rings (SSSR count). The lowest BCUT2D eigenvalue weighted by molar-refractivity contribution is 0.279. The van der Waals surface area contributed by atoms with Gasteiger partial charge in [-0.25, -0.2) is 4.39 Å². The Kier molecular flexibility index (Phi) is 6.43. The van der Waals surface area contributed by atoms with E-state index in [0.717, 1.165) is 11.3 Å². The minimum absolute atomic E-state index is 0.0851. The first kappa shape index (κ1) is 19.3.